The van der Waals surface area contributed by atoms with Gasteiger partial charge in [-0.25, -0.2) is 0 Å². The number of nitrogens with one attached hydrogen (secondary N) is 1. The molecule has 186 valence electrons. The standard InChI is InChI=1S/C25H26Cl2N8O/c26-17-5-3-16(4-6-17)21(28)2-1-11-29-25(36)20-14-34(13-19(20)22-8-7-18(27)12-30-22)24-10-9-23-32-31-15-35(23)33-24/h3-10,12,15,19-21H,1-2,11,13-14,28H2,(H,29,36)/t19-,20-,21+/m1/s1. The SMILES string of the molecule is N[C@@H](CCCNC(=O)[C@@H]1CN(c2ccc3nncn3n2)C[C@H]1c1ccc(Cl)cn1)c1ccc(Cl)cc1. The Balaban J connectivity index is 1.24. The fourth-order valence-electron chi connectivity index (χ4n) is 4.59. The molecule has 0 bridgehead atoms. The van der Waals surface area contributed by atoms with Crippen LogP contribution >= 0.6 is 23.2 Å². The number of pyridine rings is 1. The summed E-state index contributed by atoms with van der Waals surface area (Å²) in [5.74, 6) is 0.356. The summed E-state index contributed by atoms with van der Waals surface area (Å²) in [6.07, 6.45) is 4.70. The lowest BCUT2D eigenvalue weighted by atomic mass is 9.91. The fourth-order valence-corrected chi connectivity index (χ4v) is 4.83. The Hall–Kier alpha value is -3.27. The predicted molar refractivity (Wildman–Crippen MR) is 139 cm³/mol. The molecule has 1 saturated heterocycles. The van der Waals surface area contributed by atoms with Crippen molar-refractivity contribution >= 4 is 40.6 Å². The van der Waals surface area contributed by atoms with Crippen LogP contribution in [-0.4, -0.2) is 50.3 Å². The van der Waals surface area contributed by atoms with Crippen LogP contribution in [0, 0.1) is 5.92 Å². The molecule has 1 aliphatic heterocycles. The van der Waals surface area contributed by atoms with E-state index in [4.69, 9.17) is 28.9 Å². The molecule has 1 aromatic carbocycles. The van der Waals surface area contributed by atoms with Crippen molar-refractivity contribution in [3.63, 3.8) is 0 Å². The normalized spacial score (nSPS) is 18.5. The van der Waals surface area contributed by atoms with Gasteiger partial charge in [0.05, 0.1) is 10.9 Å². The van der Waals surface area contributed by atoms with Crippen LogP contribution in [0.5, 0.6) is 0 Å². The van der Waals surface area contributed by atoms with Gasteiger partial charge in [-0.2, -0.15) is 4.52 Å². The number of rotatable bonds is 8. The van der Waals surface area contributed by atoms with Gasteiger partial charge in [0.25, 0.3) is 0 Å². The van der Waals surface area contributed by atoms with E-state index < -0.39 is 0 Å². The first-order valence-corrected chi connectivity index (χ1v) is 12.6. The highest BCUT2D eigenvalue weighted by atomic mass is 35.5. The molecule has 9 nitrogen and oxygen atoms in total. The third kappa shape index (κ3) is 5.43. The maximum atomic E-state index is 13.3. The highest BCUT2D eigenvalue weighted by molar-refractivity contribution is 6.30. The molecule has 1 fully saturated rings. The third-order valence-corrected chi connectivity index (χ3v) is 7.02. The maximum Gasteiger partial charge on any atom is 0.225 e. The van der Waals surface area contributed by atoms with Gasteiger partial charge in [-0.3, -0.25) is 9.78 Å². The molecule has 3 aromatic heterocycles. The van der Waals surface area contributed by atoms with E-state index in [1.165, 1.54) is 0 Å². The molecule has 4 aromatic rings. The van der Waals surface area contributed by atoms with E-state index in [2.05, 4.69) is 30.5 Å². The van der Waals surface area contributed by atoms with Crippen LogP contribution in [0.15, 0.2) is 61.1 Å². The molecule has 3 N–H and O–H groups in total. The van der Waals surface area contributed by atoms with Crippen LogP contribution < -0.4 is 16.0 Å². The minimum Gasteiger partial charge on any atom is -0.356 e. The molecule has 11 heteroatoms. The van der Waals surface area contributed by atoms with Crippen LogP contribution in [0.4, 0.5) is 5.82 Å². The molecule has 4 heterocycles. The Morgan fingerprint density at radius 1 is 1.08 bits per heavy atom. The molecular weight excluding hydrogens is 499 g/mol. The van der Waals surface area contributed by atoms with E-state index in [-0.39, 0.29) is 23.8 Å². The number of carbonyl (C=O) groups is 1. The molecule has 1 amide bonds. The molecule has 5 rings (SSSR count). The Labute approximate surface area is 218 Å². The Morgan fingerprint density at radius 3 is 2.67 bits per heavy atom. The lowest BCUT2D eigenvalue weighted by Crippen LogP contribution is -2.35. The largest absolute Gasteiger partial charge is 0.356 e. The lowest BCUT2D eigenvalue weighted by molar-refractivity contribution is -0.124. The van der Waals surface area contributed by atoms with Gasteiger partial charge in [0.2, 0.25) is 5.91 Å². The van der Waals surface area contributed by atoms with Crippen molar-refractivity contribution < 1.29 is 4.79 Å². The summed E-state index contributed by atoms with van der Waals surface area (Å²) in [7, 11) is 0. The van der Waals surface area contributed by atoms with Crippen LogP contribution in [0.3, 0.4) is 0 Å². The average Bonchev–Trinajstić information content (AvgIpc) is 3.54. The topological polar surface area (TPSA) is 114 Å². The van der Waals surface area contributed by atoms with Gasteiger partial charge in [0, 0.05) is 48.5 Å². The second-order valence-corrected chi connectivity index (χ2v) is 9.81. The molecular formula is C25H26Cl2N8O. The van der Waals surface area contributed by atoms with E-state index in [1.54, 1.807) is 23.1 Å². The number of nitrogens with zero attached hydrogens (tertiary/aromatic N) is 6. The maximum absolute atomic E-state index is 13.3. The van der Waals surface area contributed by atoms with Crippen molar-refractivity contribution in [2.75, 3.05) is 24.5 Å². The lowest BCUT2D eigenvalue weighted by Gasteiger charge is -2.18. The zero-order valence-electron chi connectivity index (χ0n) is 19.5. The number of aromatic nitrogens is 5. The summed E-state index contributed by atoms with van der Waals surface area (Å²) in [6.45, 7) is 1.67. The van der Waals surface area contributed by atoms with Gasteiger partial charge < -0.3 is 16.0 Å². The number of amides is 1. The van der Waals surface area contributed by atoms with E-state index in [9.17, 15) is 4.79 Å². The predicted octanol–water partition coefficient (Wildman–Crippen LogP) is 3.64. The molecule has 36 heavy (non-hydrogen) atoms. The van der Waals surface area contributed by atoms with E-state index in [0.29, 0.717) is 35.3 Å². The fraction of sp³-hybridized carbons (Fsp3) is 0.320. The van der Waals surface area contributed by atoms with Gasteiger partial charge in [-0.15, -0.1) is 15.3 Å². The number of hydrogen-bond donors (Lipinski definition) is 2. The van der Waals surface area contributed by atoms with Crippen molar-refractivity contribution in [1.82, 2.24) is 30.1 Å². The van der Waals surface area contributed by atoms with Crippen molar-refractivity contribution in [3.8, 4) is 0 Å². The van der Waals surface area contributed by atoms with Gasteiger partial charge in [-0.05, 0) is 54.8 Å². The second-order valence-electron chi connectivity index (χ2n) is 8.94. The van der Waals surface area contributed by atoms with E-state index in [0.717, 1.165) is 29.9 Å². The van der Waals surface area contributed by atoms with Gasteiger partial charge in [-0.1, -0.05) is 35.3 Å². The van der Waals surface area contributed by atoms with Crippen LogP contribution in [-0.2, 0) is 4.79 Å². The Morgan fingerprint density at radius 2 is 1.89 bits per heavy atom. The van der Waals surface area contributed by atoms with E-state index >= 15 is 0 Å². The van der Waals surface area contributed by atoms with Crippen LogP contribution in [0.2, 0.25) is 10.0 Å². The minimum atomic E-state index is -0.290. The first-order valence-electron chi connectivity index (χ1n) is 11.8. The summed E-state index contributed by atoms with van der Waals surface area (Å²) >= 11 is 12.0. The van der Waals surface area contributed by atoms with Crippen LogP contribution in [0.1, 0.15) is 36.1 Å². The highest BCUT2D eigenvalue weighted by Gasteiger charge is 2.40. The van der Waals surface area contributed by atoms with Gasteiger partial charge in [0.15, 0.2) is 5.65 Å². The Kier molecular flexibility index (Phi) is 7.31. The third-order valence-electron chi connectivity index (χ3n) is 6.55. The number of halogens is 2. The van der Waals surface area contributed by atoms with Crippen molar-refractivity contribution in [1.29, 1.82) is 0 Å². The first-order chi connectivity index (χ1) is 17.5. The smallest absolute Gasteiger partial charge is 0.225 e. The summed E-state index contributed by atoms with van der Waals surface area (Å²) in [4.78, 5) is 19.9. The monoisotopic (exact) mass is 524 g/mol. The minimum absolute atomic E-state index is 0.00955. The first kappa shape index (κ1) is 24.4. The Bertz CT molecular complexity index is 1330. The molecule has 3 atom stereocenters. The number of nitrogens with two attached hydrogens (primary N) is 1. The zero-order chi connectivity index (χ0) is 25.1. The highest BCUT2D eigenvalue weighted by Crippen LogP contribution is 2.34. The molecule has 0 unspecified atom stereocenters. The van der Waals surface area contributed by atoms with Gasteiger partial charge >= 0.3 is 0 Å². The number of fused-ring (bicyclic) bond motifs is 1. The van der Waals surface area contributed by atoms with Crippen LogP contribution in [0.25, 0.3) is 5.65 Å². The molecule has 1 aliphatic rings. The summed E-state index contributed by atoms with van der Waals surface area (Å²) < 4.78 is 1.63. The number of anilines is 1. The number of carbonyl (C=O) groups excluding carboxylic acids is 1. The molecule has 0 saturated carbocycles. The van der Waals surface area contributed by atoms with Crippen molar-refractivity contribution in [2.45, 2.75) is 24.8 Å². The average molecular weight is 525 g/mol. The number of benzene rings is 1. The van der Waals surface area contributed by atoms with Crippen molar-refractivity contribution in [3.05, 3.63) is 82.4 Å². The van der Waals surface area contributed by atoms with Gasteiger partial charge in [0.1, 0.15) is 12.1 Å². The summed E-state index contributed by atoms with van der Waals surface area (Å²) in [5, 5.41) is 16.9. The molecule has 0 spiro atoms. The van der Waals surface area contributed by atoms with E-state index in [1.807, 2.05) is 42.5 Å². The summed E-state index contributed by atoms with van der Waals surface area (Å²) in [5.41, 5.74) is 8.84. The van der Waals surface area contributed by atoms with Crippen molar-refractivity contribution in [2.24, 2.45) is 11.7 Å². The summed E-state index contributed by atoms with van der Waals surface area (Å²) in [6, 6.07) is 14.9. The number of hydrogen-bond acceptors (Lipinski definition) is 7. The zero-order valence-corrected chi connectivity index (χ0v) is 21.0. The quantitative estimate of drug-likeness (QED) is 0.338. The second kappa shape index (κ2) is 10.8. The molecule has 0 aliphatic carbocycles. The molecule has 0 radical (unpaired) electrons.